The first kappa shape index (κ1) is 18.3. The minimum absolute atomic E-state index is 0.335. The van der Waals surface area contributed by atoms with Gasteiger partial charge in [0, 0.05) is 10.6 Å². The Bertz CT molecular complexity index is 964. The third-order valence-corrected chi connectivity index (χ3v) is 6.77. The molecular weight excluding hydrogens is 380 g/mol. The molecule has 0 saturated heterocycles. The smallest absolute Gasteiger partial charge is 0.337 e. The molecule has 1 aliphatic rings. The quantitative estimate of drug-likeness (QED) is 0.443. The lowest BCUT2D eigenvalue weighted by atomic mass is 9.90. The van der Waals surface area contributed by atoms with Gasteiger partial charge in [-0.15, -0.1) is 21.5 Å². The summed E-state index contributed by atoms with van der Waals surface area (Å²) in [5.74, 6) is 1.64. The molecule has 4 rings (SSSR count). The van der Waals surface area contributed by atoms with Crippen LogP contribution in [0.1, 0.15) is 39.7 Å². The molecule has 0 fully saturated rings. The molecular formula is C20H20N2O3S2. The number of esters is 1. The van der Waals surface area contributed by atoms with Crippen LogP contribution in [-0.4, -0.2) is 23.3 Å². The number of aromatic nitrogens is 2. The Morgan fingerprint density at radius 1 is 1.37 bits per heavy atom. The van der Waals surface area contributed by atoms with Crippen molar-refractivity contribution in [3.8, 4) is 10.8 Å². The molecule has 7 heteroatoms. The van der Waals surface area contributed by atoms with Crippen LogP contribution in [0.25, 0.3) is 10.8 Å². The van der Waals surface area contributed by atoms with Crippen LogP contribution >= 0.6 is 23.1 Å². The van der Waals surface area contributed by atoms with Crippen LogP contribution in [0.4, 0.5) is 0 Å². The number of thiophene rings is 1. The van der Waals surface area contributed by atoms with Gasteiger partial charge in [0.25, 0.3) is 11.1 Å². The van der Waals surface area contributed by atoms with Crippen molar-refractivity contribution in [1.82, 2.24) is 10.2 Å². The Labute approximate surface area is 166 Å². The second-order valence-corrected chi connectivity index (χ2v) is 8.82. The first-order chi connectivity index (χ1) is 13.1. The molecule has 140 valence electrons. The topological polar surface area (TPSA) is 65.2 Å². The molecule has 0 aliphatic heterocycles. The van der Waals surface area contributed by atoms with Crippen molar-refractivity contribution < 1.29 is 13.9 Å². The Morgan fingerprint density at radius 2 is 2.26 bits per heavy atom. The second-order valence-electron chi connectivity index (χ2n) is 6.76. The van der Waals surface area contributed by atoms with Crippen molar-refractivity contribution >= 4 is 29.1 Å². The van der Waals surface area contributed by atoms with E-state index >= 15 is 0 Å². The number of rotatable bonds is 5. The summed E-state index contributed by atoms with van der Waals surface area (Å²) in [5.41, 5.74) is 2.98. The summed E-state index contributed by atoms with van der Waals surface area (Å²) in [5, 5.41) is 8.92. The maximum absolute atomic E-state index is 11.6. The van der Waals surface area contributed by atoms with Crippen molar-refractivity contribution in [3.05, 3.63) is 51.9 Å². The van der Waals surface area contributed by atoms with E-state index < -0.39 is 0 Å². The number of carbonyl (C=O) groups excluding carboxylic acids is 1. The molecule has 0 N–H and O–H groups in total. The molecule has 0 amide bonds. The Morgan fingerprint density at radius 3 is 3.11 bits per heavy atom. The SMILES string of the molecule is COC(=O)c1cccc(CSc2nnc(-c3cc4c(s3)CC[C@H](C)C4)o2)c1. The molecule has 0 unspecified atom stereocenters. The van der Waals surface area contributed by atoms with Crippen LogP contribution in [0.2, 0.25) is 0 Å². The fourth-order valence-corrected chi connectivity index (χ4v) is 5.07. The van der Waals surface area contributed by atoms with Crippen molar-refractivity contribution in [2.75, 3.05) is 7.11 Å². The van der Waals surface area contributed by atoms with Gasteiger partial charge < -0.3 is 9.15 Å². The van der Waals surface area contributed by atoms with Gasteiger partial charge in [-0.25, -0.2) is 4.79 Å². The molecule has 1 aliphatic carbocycles. The third-order valence-electron chi connectivity index (χ3n) is 4.66. The maximum atomic E-state index is 11.6. The molecule has 2 heterocycles. The van der Waals surface area contributed by atoms with E-state index in [9.17, 15) is 4.79 Å². The van der Waals surface area contributed by atoms with Crippen LogP contribution in [0.3, 0.4) is 0 Å². The molecule has 3 aromatic rings. The van der Waals surface area contributed by atoms with Gasteiger partial charge in [0.1, 0.15) is 0 Å². The minimum atomic E-state index is -0.335. The van der Waals surface area contributed by atoms with E-state index in [0.29, 0.717) is 22.4 Å². The van der Waals surface area contributed by atoms with Crippen molar-refractivity contribution in [1.29, 1.82) is 0 Å². The van der Waals surface area contributed by atoms with Gasteiger partial charge in [-0.3, -0.25) is 0 Å². The minimum Gasteiger partial charge on any atom is -0.465 e. The molecule has 1 atom stereocenters. The third kappa shape index (κ3) is 4.09. The lowest BCUT2D eigenvalue weighted by Crippen LogP contribution is -2.07. The number of nitrogens with zero attached hydrogens (tertiary/aromatic N) is 2. The number of aryl methyl sites for hydroxylation is 1. The number of hydrogen-bond acceptors (Lipinski definition) is 7. The zero-order valence-electron chi connectivity index (χ0n) is 15.2. The number of thioether (sulfide) groups is 1. The zero-order valence-corrected chi connectivity index (χ0v) is 16.9. The highest BCUT2D eigenvalue weighted by Gasteiger charge is 2.21. The first-order valence-corrected chi connectivity index (χ1v) is 10.7. The van der Waals surface area contributed by atoms with E-state index in [1.54, 1.807) is 17.4 Å². The molecule has 0 bridgehead atoms. The fraction of sp³-hybridized carbons (Fsp3) is 0.350. The highest BCUT2D eigenvalue weighted by atomic mass is 32.2. The lowest BCUT2D eigenvalue weighted by Gasteiger charge is -2.16. The first-order valence-electron chi connectivity index (χ1n) is 8.88. The number of methoxy groups -OCH3 is 1. The van der Waals surface area contributed by atoms with Gasteiger partial charge in [-0.05, 0) is 54.5 Å². The molecule has 27 heavy (non-hydrogen) atoms. The Kier molecular flexibility index (Phi) is 5.31. The monoisotopic (exact) mass is 400 g/mol. The standard InChI is InChI=1S/C20H20N2O3S2/c1-12-6-7-16-15(8-12)10-17(27-16)18-21-22-20(25-18)26-11-13-4-3-5-14(9-13)19(23)24-2/h3-5,9-10,12H,6-8,11H2,1-2H3/t12-/m0/s1. The average molecular weight is 401 g/mol. The largest absolute Gasteiger partial charge is 0.465 e. The van der Waals surface area contributed by atoms with E-state index in [2.05, 4.69) is 23.2 Å². The van der Waals surface area contributed by atoms with E-state index in [-0.39, 0.29) is 5.97 Å². The summed E-state index contributed by atoms with van der Waals surface area (Å²) < 4.78 is 10.6. The van der Waals surface area contributed by atoms with Gasteiger partial charge in [0.2, 0.25) is 0 Å². The Hall–Kier alpha value is -2.12. The summed E-state index contributed by atoms with van der Waals surface area (Å²) in [6, 6.07) is 9.58. The lowest BCUT2D eigenvalue weighted by molar-refractivity contribution is 0.0600. The zero-order chi connectivity index (χ0) is 18.8. The highest BCUT2D eigenvalue weighted by molar-refractivity contribution is 7.98. The van der Waals surface area contributed by atoms with Crippen molar-refractivity contribution in [2.45, 2.75) is 37.2 Å². The number of hydrogen-bond donors (Lipinski definition) is 0. The summed E-state index contributed by atoms with van der Waals surface area (Å²) in [4.78, 5) is 14.1. The van der Waals surface area contributed by atoms with Crippen LogP contribution in [0.15, 0.2) is 40.0 Å². The van der Waals surface area contributed by atoms with E-state index in [1.807, 2.05) is 18.2 Å². The summed E-state index contributed by atoms with van der Waals surface area (Å²) >= 11 is 3.23. The van der Waals surface area contributed by atoms with Gasteiger partial charge in [0.05, 0.1) is 17.6 Å². The predicted octanol–water partition coefficient (Wildman–Crippen LogP) is 5.00. The van der Waals surface area contributed by atoms with Gasteiger partial charge >= 0.3 is 5.97 Å². The van der Waals surface area contributed by atoms with Crippen LogP contribution in [0.5, 0.6) is 0 Å². The molecule has 0 spiro atoms. The second kappa shape index (κ2) is 7.86. The van der Waals surface area contributed by atoms with E-state index in [1.165, 1.54) is 35.7 Å². The maximum Gasteiger partial charge on any atom is 0.337 e. The van der Waals surface area contributed by atoms with Crippen LogP contribution < -0.4 is 0 Å². The average Bonchev–Trinajstić information content (AvgIpc) is 3.32. The predicted molar refractivity (Wildman–Crippen MR) is 106 cm³/mol. The molecule has 0 saturated carbocycles. The summed E-state index contributed by atoms with van der Waals surface area (Å²) in [7, 11) is 1.38. The van der Waals surface area contributed by atoms with Crippen LogP contribution in [0, 0.1) is 5.92 Å². The van der Waals surface area contributed by atoms with Gasteiger partial charge in [-0.2, -0.15) is 0 Å². The van der Waals surface area contributed by atoms with Crippen molar-refractivity contribution in [3.63, 3.8) is 0 Å². The summed E-state index contributed by atoms with van der Waals surface area (Å²) in [6.07, 6.45) is 3.54. The molecule has 5 nitrogen and oxygen atoms in total. The summed E-state index contributed by atoms with van der Waals surface area (Å²) in [6.45, 7) is 2.30. The van der Waals surface area contributed by atoms with E-state index in [0.717, 1.165) is 29.2 Å². The number of carbonyl (C=O) groups is 1. The van der Waals surface area contributed by atoms with Gasteiger partial charge in [0.15, 0.2) is 0 Å². The fourth-order valence-electron chi connectivity index (χ4n) is 3.23. The molecule has 1 aromatic carbocycles. The Balaban J connectivity index is 1.44. The van der Waals surface area contributed by atoms with Gasteiger partial charge in [-0.1, -0.05) is 30.8 Å². The highest BCUT2D eigenvalue weighted by Crippen LogP contribution is 2.37. The number of benzene rings is 1. The van der Waals surface area contributed by atoms with Crippen molar-refractivity contribution in [2.24, 2.45) is 5.92 Å². The molecule has 2 aromatic heterocycles. The van der Waals surface area contributed by atoms with Crippen LogP contribution in [-0.2, 0) is 23.3 Å². The normalized spacial score (nSPS) is 16.1. The van der Waals surface area contributed by atoms with E-state index in [4.69, 9.17) is 9.15 Å². The number of ether oxygens (including phenoxy) is 1. The number of fused-ring (bicyclic) bond motifs is 1. The molecule has 0 radical (unpaired) electrons.